The standard InChI is InChI=1S/2C14H12BrN3O3S2/c2*1-8-13(15)14(21-17-8)18-23(19,20)12-6-5-11(22-12)9-3-2-4-10(16)7-9/h2*2-7,18H,16H2,1H3. The number of nitrogens with two attached hydrogens (primary N) is 2. The lowest BCUT2D eigenvalue weighted by Crippen LogP contribution is -2.11. The maximum atomic E-state index is 12.4. The quantitative estimate of drug-likeness (QED) is 0.110. The first-order chi connectivity index (χ1) is 21.7. The van der Waals surface area contributed by atoms with Gasteiger partial charge in [0.25, 0.3) is 31.8 Å². The molecule has 0 aliphatic carbocycles. The highest BCUT2D eigenvalue weighted by Crippen LogP contribution is 2.35. The van der Waals surface area contributed by atoms with Gasteiger partial charge in [-0.3, -0.25) is 0 Å². The van der Waals surface area contributed by atoms with Crippen molar-refractivity contribution >= 4 is 97.7 Å². The number of thiophene rings is 2. The Balaban J connectivity index is 0.000000181. The summed E-state index contributed by atoms with van der Waals surface area (Å²) in [6.45, 7) is 3.41. The van der Waals surface area contributed by atoms with Crippen molar-refractivity contribution in [3.63, 3.8) is 0 Å². The topological polar surface area (TPSA) is 196 Å². The van der Waals surface area contributed by atoms with Gasteiger partial charge in [-0.2, -0.15) is 0 Å². The van der Waals surface area contributed by atoms with Crippen LogP contribution < -0.4 is 20.9 Å². The van der Waals surface area contributed by atoms with Crippen LogP contribution in [-0.4, -0.2) is 27.1 Å². The second kappa shape index (κ2) is 13.6. The van der Waals surface area contributed by atoms with E-state index in [4.69, 9.17) is 20.5 Å². The third-order valence-electron chi connectivity index (χ3n) is 6.07. The van der Waals surface area contributed by atoms with Gasteiger partial charge in [0.2, 0.25) is 0 Å². The molecule has 2 aromatic carbocycles. The molecule has 6 aromatic rings. The zero-order valence-electron chi connectivity index (χ0n) is 23.8. The van der Waals surface area contributed by atoms with Crippen molar-refractivity contribution in [1.29, 1.82) is 0 Å². The Morgan fingerprint density at radius 1 is 0.652 bits per heavy atom. The van der Waals surface area contributed by atoms with Crippen molar-refractivity contribution in [2.24, 2.45) is 0 Å². The van der Waals surface area contributed by atoms with Gasteiger partial charge >= 0.3 is 0 Å². The number of benzene rings is 2. The average molecular weight is 829 g/mol. The van der Waals surface area contributed by atoms with Crippen LogP contribution >= 0.6 is 54.5 Å². The Morgan fingerprint density at radius 3 is 1.37 bits per heavy atom. The van der Waals surface area contributed by atoms with E-state index in [9.17, 15) is 16.8 Å². The van der Waals surface area contributed by atoms with Crippen molar-refractivity contribution in [2.75, 3.05) is 20.9 Å². The number of nitrogens with zero attached hydrogens (tertiary/aromatic N) is 2. The monoisotopic (exact) mass is 826 g/mol. The molecule has 12 nitrogen and oxygen atoms in total. The molecule has 0 spiro atoms. The molecule has 0 saturated heterocycles. The molecular formula is C28H24Br2N6O6S4. The number of nitrogen functional groups attached to an aromatic ring is 2. The van der Waals surface area contributed by atoms with Crippen LogP contribution in [0.1, 0.15) is 11.4 Å². The van der Waals surface area contributed by atoms with Crippen LogP contribution in [0.5, 0.6) is 0 Å². The highest BCUT2D eigenvalue weighted by molar-refractivity contribution is 9.11. The lowest BCUT2D eigenvalue weighted by Gasteiger charge is -2.02. The third kappa shape index (κ3) is 7.64. The summed E-state index contributed by atoms with van der Waals surface area (Å²) in [4.78, 5) is 1.62. The molecule has 0 fully saturated rings. The largest absolute Gasteiger partial charge is 0.399 e. The lowest BCUT2D eigenvalue weighted by molar-refractivity contribution is 0.430. The molecule has 18 heteroatoms. The Bertz CT molecular complexity index is 2080. The van der Waals surface area contributed by atoms with Gasteiger partial charge in [0.1, 0.15) is 17.4 Å². The molecule has 0 radical (unpaired) electrons. The number of aryl methyl sites for hydroxylation is 2. The first kappa shape index (κ1) is 33.7. The maximum Gasteiger partial charge on any atom is 0.273 e. The smallest absolute Gasteiger partial charge is 0.273 e. The summed E-state index contributed by atoms with van der Waals surface area (Å²) in [6.07, 6.45) is 0. The number of aromatic nitrogens is 2. The molecule has 0 aliphatic heterocycles. The SMILES string of the molecule is Cc1noc(NS(=O)(=O)c2ccc(-c3cccc(N)c3)s2)c1Br.Cc1noc(NS(=O)(=O)c2ccc(-c3cccc(N)c3)s2)c1Br. The fourth-order valence-electron chi connectivity index (χ4n) is 3.81. The molecule has 6 rings (SSSR count). The van der Waals surface area contributed by atoms with E-state index in [1.54, 1.807) is 62.4 Å². The first-order valence-corrected chi connectivity index (χ1v) is 19.1. The van der Waals surface area contributed by atoms with Gasteiger partial charge in [0.15, 0.2) is 0 Å². The van der Waals surface area contributed by atoms with E-state index in [1.165, 1.54) is 0 Å². The molecule has 0 amide bonds. The molecule has 0 aliphatic rings. The van der Waals surface area contributed by atoms with E-state index in [-0.39, 0.29) is 20.2 Å². The Morgan fingerprint density at radius 2 is 1.04 bits per heavy atom. The summed E-state index contributed by atoms with van der Waals surface area (Å²) in [5.41, 5.74) is 15.6. The molecule has 0 saturated carbocycles. The summed E-state index contributed by atoms with van der Waals surface area (Å²) in [5.74, 6) is 0.114. The number of hydrogen-bond acceptors (Lipinski definition) is 12. The number of halogens is 2. The third-order valence-corrected chi connectivity index (χ3v) is 13.9. The second-order valence-electron chi connectivity index (χ2n) is 9.52. The molecule has 0 unspecified atom stereocenters. The fourth-order valence-corrected chi connectivity index (χ4v) is 9.16. The molecular weight excluding hydrogens is 804 g/mol. The van der Waals surface area contributed by atoms with E-state index in [2.05, 4.69) is 51.6 Å². The molecule has 0 bridgehead atoms. The van der Waals surface area contributed by atoms with Crippen molar-refractivity contribution in [1.82, 2.24) is 10.3 Å². The van der Waals surface area contributed by atoms with Gasteiger partial charge in [-0.1, -0.05) is 34.6 Å². The summed E-state index contributed by atoms with van der Waals surface area (Å²) < 4.78 is 65.8. The van der Waals surface area contributed by atoms with Crippen molar-refractivity contribution < 1.29 is 25.9 Å². The molecule has 4 heterocycles. The van der Waals surface area contributed by atoms with Crippen molar-refractivity contribution in [2.45, 2.75) is 22.3 Å². The molecule has 4 aromatic heterocycles. The molecule has 0 atom stereocenters. The minimum absolute atomic E-state index is 0.0569. The van der Waals surface area contributed by atoms with Crippen LogP contribution in [0.3, 0.4) is 0 Å². The Hall–Kier alpha value is -3.68. The van der Waals surface area contributed by atoms with Crippen molar-refractivity contribution in [3.8, 4) is 20.9 Å². The van der Waals surface area contributed by atoms with Crippen LogP contribution in [0, 0.1) is 13.8 Å². The summed E-state index contributed by atoms with van der Waals surface area (Å²) in [7, 11) is -7.49. The van der Waals surface area contributed by atoms with Crippen LogP contribution in [0.2, 0.25) is 0 Å². The zero-order valence-corrected chi connectivity index (χ0v) is 30.3. The van der Waals surface area contributed by atoms with Gasteiger partial charge < -0.3 is 20.5 Å². The minimum Gasteiger partial charge on any atom is -0.399 e. The summed E-state index contributed by atoms with van der Waals surface area (Å²) in [6, 6.07) is 21.1. The molecule has 240 valence electrons. The summed E-state index contributed by atoms with van der Waals surface area (Å²) in [5, 5.41) is 7.39. The van der Waals surface area contributed by atoms with E-state index >= 15 is 0 Å². The van der Waals surface area contributed by atoms with E-state index < -0.39 is 20.0 Å². The van der Waals surface area contributed by atoms with E-state index in [0.717, 1.165) is 43.6 Å². The van der Waals surface area contributed by atoms with Crippen LogP contribution in [-0.2, 0) is 20.0 Å². The number of anilines is 4. The highest BCUT2D eigenvalue weighted by Gasteiger charge is 2.23. The van der Waals surface area contributed by atoms with Gasteiger partial charge in [-0.25, -0.2) is 26.3 Å². The number of rotatable bonds is 8. The summed E-state index contributed by atoms with van der Waals surface area (Å²) >= 11 is 8.76. The van der Waals surface area contributed by atoms with Gasteiger partial charge in [0, 0.05) is 21.1 Å². The predicted molar refractivity (Wildman–Crippen MR) is 188 cm³/mol. The van der Waals surface area contributed by atoms with E-state index in [0.29, 0.717) is 31.7 Å². The Labute approximate surface area is 289 Å². The van der Waals surface area contributed by atoms with Gasteiger partial charge in [-0.15, -0.1) is 22.7 Å². The molecule has 46 heavy (non-hydrogen) atoms. The Kier molecular flexibility index (Phi) is 9.95. The van der Waals surface area contributed by atoms with E-state index in [1.807, 2.05) is 24.3 Å². The van der Waals surface area contributed by atoms with Crippen molar-refractivity contribution in [3.05, 3.63) is 93.1 Å². The number of sulfonamides is 2. The lowest BCUT2D eigenvalue weighted by atomic mass is 10.2. The average Bonchev–Trinajstić information content (AvgIpc) is 3.82. The molecule has 6 N–H and O–H groups in total. The van der Waals surface area contributed by atoms with Crippen LogP contribution in [0.4, 0.5) is 23.1 Å². The number of nitrogens with one attached hydrogen (secondary N) is 2. The fraction of sp³-hybridized carbons (Fsp3) is 0.0714. The van der Waals surface area contributed by atoms with Crippen LogP contribution in [0.25, 0.3) is 20.9 Å². The van der Waals surface area contributed by atoms with Crippen LogP contribution in [0.15, 0.2) is 99.2 Å². The predicted octanol–water partition coefficient (Wildman–Crippen LogP) is 7.71. The zero-order chi connectivity index (χ0) is 33.2. The maximum absolute atomic E-state index is 12.4. The highest BCUT2D eigenvalue weighted by atomic mass is 79.9. The normalized spacial score (nSPS) is 11.6. The second-order valence-corrected chi connectivity index (χ2v) is 17.1. The first-order valence-electron chi connectivity index (χ1n) is 12.9. The van der Waals surface area contributed by atoms with Gasteiger partial charge in [-0.05, 0) is 105 Å². The number of hydrogen-bond donors (Lipinski definition) is 4. The minimum atomic E-state index is -3.75. The van der Waals surface area contributed by atoms with Gasteiger partial charge in [0.05, 0.1) is 11.4 Å².